The summed E-state index contributed by atoms with van der Waals surface area (Å²) in [5, 5.41) is -0.116. The Labute approximate surface area is 235 Å². The minimum Gasteiger partial charge on any atom is -0.496 e. The lowest BCUT2D eigenvalue weighted by molar-refractivity contribution is 0.0610. The van der Waals surface area contributed by atoms with Crippen molar-refractivity contribution < 1.29 is 18.3 Å². The molecular weight excluding hydrogens is 551 g/mol. The molecule has 5 nitrogen and oxygen atoms in total. The van der Waals surface area contributed by atoms with Crippen LogP contribution in [-0.4, -0.2) is 35.0 Å². The zero-order chi connectivity index (χ0) is 26.1. The number of rotatable bonds is 6. The van der Waals surface area contributed by atoms with Gasteiger partial charge < -0.3 is 15.4 Å². The Bertz CT molecular complexity index is 1440. The Morgan fingerprint density at radius 2 is 1.76 bits per heavy atom. The van der Waals surface area contributed by atoms with Crippen molar-refractivity contribution in [2.24, 2.45) is 5.73 Å². The predicted molar refractivity (Wildman–Crippen MR) is 150 cm³/mol. The van der Waals surface area contributed by atoms with E-state index in [0.29, 0.717) is 5.75 Å². The van der Waals surface area contributed by atoms with Gasteiger partial charge in [-0.25, -0.2) is 8.78 Å². The number of hydrogen-bond donors (Lipinski definition) is 1. The van der Waals surface area contributed by atoms with Crippen molar-refractivity contribution in [1.82, 2.24) is 9.88 Å². The fourth-order valence-corrected chi connectivity index (χ4v) is 6.46. The van der Waals surface area contributed by atoms with E-state index in [9.17, 15) is 13.6 Å². The summed E-state index contributed by atoms with van der Waals surface area (Å²) < 4.78 is 34.7. The summed E-state index contributed by atoms with van der Waals surface area (Å²) in [5.74, 6) is -0.979. The molecule has 200 valence electrons. The van der Waals surface area contributed by atoms with Crippen LogP contribution in [0.3, 0.4) is 0 Å². The van der Waals surface area contributed by atoms with Gasteiger partial charge >= 0.3 is 0 Å². The third kappa shape index (κ3) is 5.50. The van der Waals surface area contributed by atoms with Crippen molar-refractivity contribution in [2.45, 2.75) is 44.3 Å². The van der Waals surface area contributed by atoms with Gasteiger partial charge in [-0.2, -0.15) is 0 Å². The molecule has 1 saturated carbocycles. The molecule has 4 aromatic rings. The fraction of sp³-hybridized carbons (Fsp3) is 0.286. The summed E-state index contributed by atoms with van der Waals surface area (Å²) in [6.45, 7) is 0.246. The van der Waals surface area contributed by atoms with Crippen LogP contribution in [0.15, 0.2) is 54.9 Å². The van der Waals surface area contributed by atoms with Crippen LogP contribution >= 0.6 is 35.3 Å². The van der Waals surface area contributed by atoms with E-state index >= 15 is 0 Å². The van der Waals surface area contributed by atoms with E-state index in [-0.39, 0.29) is 56.9 Å². The molecule has 0 aliphatic heterocycles. The second-order valence-electron chi connectivity index (χ2n) is 9.24. The molecule has 2 aromatic carbocycles. The Hall–Kier alpha value is -2.78. The SMILES string of the molecule is COc1ccc(-c2ccncc2)cc1CN(C(=O)c1sc2c(F)ccc(F)c2c1Cl)[C@H]1CC[C@H](N)CC1.Cl. The summed E-state index contributed by atoms with van der Waals surface area (Å²) in [6.07, 6.45) is 6.47. The van der Waals surface area contributed by atoms with Gasteiger partial charge in [0.05, 0.1) is 22.2 Å². The molecule has 1 aliphatic carbocycles. The van der Waals surface area contributed by atoms with E-state index in [1.54, 1.807) is 24.4 Å². The number of pyridine rings is 1. The van der Waals surface area contributed by atoms with Crippen molar-refractivity contribution in [1.29, 1.82) is 0 Å². The molecule has 0 radical (unpaired) electrons. The Morgan fingerprint density at radius 1 is 1.08 bits per heavy atom. The van der Waals surface area contributed by atoms with Gasteiger partial charge in [0.15, 0.2) is 0 Å². The van der Waals surface area contributed by atoms with Crippen LogP contribution in [0.4, 0.5) is 8.78 Å². The van der Waals surface area contributed by atoms with Gasteiger partial charge in [-0.05, 0) is 73.2 Å². The first kappa shape index (κ1) is 28.2. The lowest BCUT2D eigenvalue weighted by Crippen LogP contribution is -2.43. The number of thiophene rings is 1. The first-order valence-corrected chi connectivity index (χ1v) is 13.3. The Balaban J connectivity index is 0.00000336. The molecule has 38 heavy (non-hydrogen) atoms. The number of nitrogens with zero attached hydrogens (tertiary/aromatic N) is 2. The fourth-order valence-electron chi connectivity index (χ4n) is 4.96. The minimum absolute atomic E-state index is 0. The molecule has 0 spiro atoms. The average Bonchev–Trinajstić information content (AvgIpc) is 3.28. The van der Waals surface area contributed by atoms with Crippen LogP contribution in [0.2, 0.25) is 5.02 Å². The Kier molecular flexibility index (Phi) is 8.88. The van der Waals surface area contributed by atoms with Gasteiger partial charge in [-0.15, -0.1) is 23.7 Å². The first-order chi connectivity index (χ1) is 17.9. The lowest BCUT2D eigenvalue weighted by atomic mass is 9.90. The van der Waals surface area contributed by atoms with E-state index in [1.807, 2.05) is 30.3 Å². The van der Waals surface area contributed by atoms with Gasteiger partial charge in [0.1, 0.15) is 22.3 Å². The smallest absolute Gasteiger partial charge is 0.266 e. The monoisotopic (exact) mass is 577 g/mol. The van der Waals surface area contributed by atoms with Gasteiger partial charge in [0, 0.05) is 36.6 Å². The van der Waals surface area contributed by atoms with Crippen molar-refractivity contribution in [3.63, 3.8) is 0 Å². The molecule has 1 aliphatic rings. The maximum Gasteiger partial charge on any atom is 0.266 e. The van der Waals surface area contributed by atoms with E-state index in [4.69, 9.17) is 22.1 Å². The van der Waals surface area contributed by atoms with Crippen LogP contribution < -0.4 is 10.5 Å². The minimum atomic E-state index is -0.654. The van der Waals surface area contributed by atoms with Crippen molar-refractivity contribution >= 4 is 51.3 Å². The normalized spacial score (nSPS) is 17.2. The molecular formula is C28H27Cl2F2N3O2S. The number of carbonyl (C=O) groups excluding carboxylic acids is 1. The zero-order valence-corrected chi connectivity index (χ0v) is 23.0. The average molecular weight is 579 g/mol. The Morgan fingerprint density at radius 3 is 2.42 bits per heavy atom. The van der Waals surface area contributed by atoms with Crippen molar-refractivity contribution in [3.8, 4) is 16.9 Å². The lowest BCUT2D eigenvalue weighted by Gasteiger charge is -2.36. The summed E-state index contributed by atoms with van der Waals surface area (Å²) >= 11 is 7.39. The molecule has 2 N–H and O–H groups in total. The molecule has 0 bridgehead atoms. The number of benzene rings is 2. The second kappa shape index (κ2) is 11.9. The highest BCUT2D eigenvalue weighted by Gasteiger charge is 2.32. The predicted octanol–water partition coefficient (Wildman–Crippen LogP) is 7.24. The van der Waals surface area contributed by atoms with Crippen LogP contribution in [0.25, 0.3) is 21.2 Å². The number of hydrogen-bond acceptors (Lipinski definition) is 5. The topological polar surface area (TPSA) is 68.5 Å². The molecule has 1 amide bonds. The maximum atomic E-state index is 14.5. The first-order valence-electron chi connectivity index (χ1n) is 12.1. The number of halogens is 4. The molecule has 1 fully saturated rings. The highest BCUT2D eigenvalue weighted by Crippen LogP contribution is 2.40. The molecule has 2 heterocycles. The summed E-state index contributed by atoms with van der Waals surface area (Å²) in [6, 6.07) is 11.7. The standard InChI is InChI=1S/C28H26ClF2N3O2S.ClH/c1-36-23-9-2-17(16-10-12-33-13-11-16)14-18(23)15-34(20-5-3-19(32)4-6-20)28(35)27-25(29)24-21(30)7-8-22(31)26(24)37-27;/h2,7-14,19-20H,3-6,15,32H2,1H3;1H/t19-,20-;. The van der Waals surface area contributed by atoms with Crippen molar-refractivity contribution in [3.05, 3.63) is 82.0 Å². The summed E-state index contributed by atoms with van der Waals surface area (Å²) in [4.78, 5) is 20.0. The number of aromatic nitrogens is 1. The molecule has 0 saturated heterocycles. The largest absolute Gasteiger partial charge is 0.496 e. The van der Waals surface area contributed by atoms with Crippen LogP contribution in [0.5, 0.6) is 5.75 Å². The zero-order valence-electron chi connectivity index (χ0n) is 20.6. The van der Waals surface area contributed by atoms with Crippen LogP contribution in [0.1, 0.15) is 40.9 Å². The molecule has 0 atom stereocenters. The quantitative estimate of drug-likeness (QED) is 0.262. The summed E-state index contributed by atoms with van der Waals surface area (Å²) in [5.41, 5.74) is 8.90. The number of amides is 1. The van der Waals surface area contributed by atoms with E-state index in [0.717, 1.165) is 65.8 Å². The number of nitrogens with two attached hydrogens (primary N) is 1. The second-order valence-corrected chi connectivity index (χ2v) is 10.6. The van der Waals surface area contributed by atoms with Crippen molar-refractivity contribution in [2.75, 3.05) is 7.11 Å². The number of methoxy groups -OCH3 is 1. The molecule has 2 aromatic heterocycles. The highest BCUT2D eigenvalue weighted by atomic mass is 35.5. The van der Waals surface area contributed by atoms with Crippen LogP contribution in [-0.2, 0) is 6.54 Å². The molecule has 0 unspecified atom stereocenters. The molecule has 5 rings (SSSR count). The maximum absolute atomic E-state index is 14.5. The van der Waals surface area contributed by atoms with E-state index < -0.39 is 11.6 Å². The number of fused-ring (bicyclic) bond motifs is 1. The number of carbonyl (C=O) groups is 1. The van der Waals surface area contributed by atoms with Gasteiger partial charge in [-0.3, -0.25) is 9.78 Å². The third-order valence-electron chi connectivity index (χ3n) is 6.95. The van der Waals surface area contributed by atoms with E-state index in [1.165, 1.54) is 0 Å². The summed E-state index contributed by atoms with van der Waals surface area (Å²) in [7, 11) is 1.59. The molecule has 10 heteroatoms. The van der Waals surface area contributed by atoms with Crippen LogP contribution in [0, 0.1) is 11.6 Å². The van der Waals surface area contributed by atoms with Gasteiger partial charge in [0.25, 0.3) is 5.91 Å². The van der Waals surface area contributed by atoms with E-state index in [2.05, 4.69) is 4.98 Å². The van der Waals surface area contributed by atoms with Gasteiger partial charge in [0.2, 0.25) is 0 Å². The number of ether oxygens (including phenoxy) is 1. The highest BCUT2D eigenvalue weighted by molar-refractivity contribution is 7.21. The third-order valence-corrected chi connectivity index (χ3v) is 8.63. The van der Waals surface area contributed by atoms with Gasteiger partial charge in [-0.1, -0.05) is 17.7 Å².